The highest BCUT2D eigenvalue weighted by molar-refractivity contribution is 5.85. The molecule has 118 valence electrons. The number of hydrogen-bond donors (Lipinski definition) is 1. The van der Waals surface area contributed by atoms with Gasteiger partial charge in [-0.15, -0.1) is 12.4 Å². The molecular formula is C15H24ClN3O2. The normalized spacial score (nSPS) is 16.5. The van der Waals surface area contributed by atoms with Crippen LogP contribution < -0.4 is 5.32 Å². The van der Waals surface area contributed by atoms with Crippen molar-refractivity contribution in [3.8, 4) is 0 Å². The number of aryl methyl sites for hydroxylation is 1. The number of carbonyl (C=O) groups is 1. The number of aromatic nitrogens is 2. The first-order valence-corrected chi connectivity index (χ1v) is 7.37. The summed E-state index contributed by atoms with van der Waals surface area (Å²) >= 11 is 0. The number of carbonyl (C=O) groups excluding carboxylic acids is 1. The Morgan fingerprint density at radius 3 is 3.14 bits per heavy atom. The molecule has 1 aromatic heterocycles. The molecule has 1 aromatic rings. The summed E-state index contributed by atoms with van der Waals surface area (Å²) in [7, 11) is 0. The lowest BCUT2D eigenvalue weighted by atomic mass is 10.1. The maximum atomic E-state index is 11.2. The van der Waals surface area contributed by atoms with Gasteiger partial charge in [-0.3, -0.25) is 9.48 Å². The van der Waals surface area contributed by atoms with E-state index in [2.05, 4.69) is 16.5 Å². The highest BCUT2D eigenvalue weighted by Crippen LogP contribution is 2.12. The predicted molar refractivity (Wildman–Crippen MR) is 85.4 cm³/mol. The van der Waals surface area contributed by atoms with Gasteiger partial charge in [0.25, 0.3) is 0 Å². The van der Waals surface area contributed by atoms with E-state index < -0.39 is 0 Å². The summed E-state index contributed by atoms with van der Waals surface area (Å²) in [5.41, 5.74) is 2.41. The van der Waals surface area contributed by atoms with Crippen molar-refractivity contribution < 1.29 is 9.53 Å². The van der Waals surface area contributed by atoms with E-state index in [-0.39, 0.29) is 18.4 Å². The van der Waals surface area contributed by atoms with Gasteiger partial charge < -0.3 is 10.1 Å². The Hall–Kier alpha value is -1.33. The van der Waals surface area contributed by atoms with Crippen LogP contribution in [0, 0.1) is 0 Å². The number of nitrogens with one attached hydrogen (secondary N) is 1. The van der Waals surface area contributed by atoms with E-state index in [1.165, 1.54) is 12.0 Å². The molecule has 0 bridgehead atoms. The number of nitrogens with zero attached hydrogens (tertiary/aromatic N) is 2. The molecule has 2 heterocycles. The second kappa shape index (κ2) is 9.58. The van der Waals surface area contributed by atoms with Crippen molar-refractivity contribution in [2.45, 2.75) is 39.2 Å². The van der Waals surface area contributed by atoms with Crippen LogP contribution in [-0.4, -0.2) is 35.4 Å². The minimum Gasteiger partial charge on any atom is -0.466 e. The van der Waals surface area contributed by atoms with E-state index in [1.54, 1.807) is 0 Å². The van der Waals surface area contributed by atoms with Crippen molar-refractivity contribution in [1.29, 1.82) is 0 Å². The third kappa shape index (κ3) is 6.31. The maximum absolute atomic E-state index is 11.2. The van der Waals surface area contributed by atoms with Crippen LogP contribution in [-0.2, 0) is 16.1 Å². The van der Waals surface area contributed by atoms with Gasteiger partial charge in [-0.2, -0.15) is 5.10 Å². The highest BCUT2D eigenvalue weighted by Gasteiger charge is 2.06. The zero-order valence-corrected chi connectivity index (χ0v) is 13.3. The minimum absolute atomic E-state index is 0. The fourth-order valence-corrected chi connectivity index (χ4v) is 2.31. The van der Waals surface area contributed by atoms with Crippen molar-refractivity contribution in [2.24, 2.45) is 0 Å². The molecule has 0 aliphatic carbocycles. The fourth-order valence-electron chi connectivity index (χ4n) is 2.31. The molecule has 1 saturated heterocycles. The molecule has 1 aliphatic heterocycles. The summed E-state index contributed by atoms with van der Waals surface area (Å²) < 4.78 is 6.79. The first-order valence-electron chi connectivity index (χ1n) is 7.37. The van der Waals surface area contributed by atoms with Crippen molar-refractivity contribution in [2.75, 3.05) is 19.7 Å². The molecule has 0 amide bonds. The zero-order valence-electron chi connectivity index (χ0n) is 12.5. The first-order chi connectivity index (χ1) is 9.78. The van der Waals surface area contributed by atoms with Gasteiger partial charge >= 0.3 is 5.97 Å². The van der Waals surface area contributed by atoms with Crippen molar-refractivity contribution in [1.82, 2.24) is 15.1 Å². The van der Waals surface area contributed by atoms with Gasteiger partial charge in [0.05, 0.1) is 12.3 Å². The third-order valence-electron chi connectivity index (χ3n) is 3.29. The highest BCUT2D eigenvalue weighted by atomic mass is 35.5. The lowest BCUT2D eigenvalue weighted by Gasteiger charge is -2.14. The molecule has 1 aliphatic rings. The smallest absolute Gasteiger partial charge is 0.305 e. The van der Waals surface area contributed by atoms with Gasteiger partial charge in [0.2, 0.25) is 0 Å². The molecule has 0 unspecified atom stereocenters. The van der Waals surface area contributed by atoms with E-state index in [0.717, 1.165) is 38.2 Å². The van der Waals surface area contributed by atoms with Crippen LogP contribution in [0.2, 0.25) is 0 Å². The van der Waals surface area contributed by atoms with Crippen LogP contribution in [0.4, 0.5) is 0 Å². The zero-order chi connectivity index (χ0) is 14.2. The molecule has 6 heteroatoms. The largest absolute Gasteiger partial charge is 0.466 e. The lowest BCUT2D eigenvalue weighted by molar-refractivity contribution is -0.143. The predicted octanol–water partition coefficient (Wildman–Crippen LogP) is 2.42. The van der Waals surface area contributed by atoms with Crippen LogP contribution >= 0.6 is 12.4 Å². The van der Waals surface area contributed by atoms with Gasteiger partial charge in [0, 0.05) is 25.7 Å². The maximum Gasteiger partial charge on any atom is 0.305 e. The number of hydrogen-bond acceptors (Lipinski definition) is 4. The standard InChI is InChI=1S/C15H23N3O2.ClH/c1-2-20-15(19)6-4-9-18-10-7-14(17-18)11-13-5-3-8-16-12-13;/h7,10-11,16H,2-6,8-9,12H2,1H3;1H. The molecule has 0 spiro atoms. The number of rotatable bonds is 6. The molecule has 0 aromatic carbocycles. The molecule has 2 rings (SSSR count). The average Bonchev–Trinajstić information content (AvgIpc) is 2.88. The van der Waals surface area contributed by atoms with E-state index in [0.29, 0.717) is 13.0 Å². The molecule has 0 radical (unpaired) electrons. The summed E-state index contributed by atoms with van der Waals surface area (Å²) in [6.07, 6.45) is 7.70. The van der Waals surface area contributed by atoms with E-state index in [9.17, 15) is 4.79 Å². The van der Waals surface area contributed by atoms with Gasteiger partial charge in [0.15, 0.2) is 0 Å². The number of halogens is 1. The molecule has 1 N–H and O–H groups in total. The van der Waals surface area contributed by atoms with Gasteiger partial charge in [0.1, 0.15) is 0 Å². The molecule has 5 nitrogen and oxygen atoms in total. The Kier molecular flexibility index (Phi) is 8.08. The topological polar surface area (TPSA) is 56.1 Å². The lowest BCUT2D eigenvalue weighted by Crippen LogP contribution is -2.23. The van der Waals surface area contributed by atoms with Crippen LogP contribution in [0.1, 0.15) is 38.3 Å². The fraction of sp³-hybridized carbons (Fsp3) is 0.600. The van der Waals surface area contributed by atoms with Crippen LogP contribution in [0.15, 0.2) is 17.8 Å². The molecular weight excluding hydrogens is 290 g/mol. The summed E-state index contributed by atoms with van der Waals surface area (Å²) in [4.78, 5) is 11.2. The SMILES string of the molecule is CCOC(=O)CCCn1ccc(C=C2CCCNC2)n1.Cl. The van der Waals surface area contributed by atoms with E-state index in [1.807, 2.05) is 23.9 Å². The average molecular weight is 314 g/mol. The molecule has 0 atom stereocenters. The van der Waals surface area contributed by atoms with Gasteiger partial charge in [-0.25, -0.2) is 0 Å². The Morgan fingerprint density at radius 1 is 1.57 bits per heavy atom. The summed E-state index contributed by atoms with van der Waals surface area (Å²) in [6.45, 7) is 5.10. The van der Waals surface area contributed by atoms with E-state index >= 15 is 0 Å². The van der Waals surface area contributed by atoms with E-state index in [4.69, 9.17) is 4.74 Å². The monoisotopic (exact) mass is 313 g/mol. The van der Waals surface area contributed by atoms with Crippen molar-refractivity contribution in [3.63, 3.8) is 0 Å². The minimum atomic E-state index is -0.129. The molecule has 0 saturated carbocycles. The second-order valence-electron chi connectivity index (χ2n) is 5.00. The third-order valence-corrected chi connectivity index (χ3v) is 3.29. The van der Waals surface area contributed by atoms with Crippen LogP contribution in [0.5, 0.6) is 0 Å². The van der Waals surface area contributed by atoms with Gasteiger partial charge in [-0.05, 0) is 44.9 Å². The molecule has 21 heavy (non-hydrogen) atoms. The Bertz CT molecular complexity index is 463. The number of piperidine rings is 1. The first kappa shape index (κ1) is 17.7. The van der Waals surface area contributed by atoms with Crippen LogP contribution in [0.25, 0.3) is 6.08 Å². The Balaban J connectivity index is 0.00000220. The summed E-state index contributed by atoms with van der Waals surface area (Å²) in [5, 5.41) is 7.87. The van der Waals surface area contributed by atoms with Crippen LogP contribution in [0.3, 0.4) is 0 Å². The second-order valence-corrected chi connectivity index (χ2v) is 5.00. The van der Waals surface area contributed by atoms with Crippen molar-refractivity contribution >= 4 is 24.5 Å². The quantitative estimate of drug-likeness (QED) is 0.819. The Labute approximate surface area is 132 Å². The number of ether oxygens (including phenoxy) is 1. The van der Waals surface area contributed by atoms with Gasteiger partial charge in [-0.1, -0.05) is 5.57 Å². The Morgan fingerprint density at radius 2 is 2.43 bits per heavy atom. The summed E-state index contributed by atoms with van der Waals surface area (Å²) in [6, 6.07) is 2.02. The number of esters is 1. The molecule has 1 fully saturated rings. The van der Waals surface area contributed by atoms with Crippen molar-refractivity contribution in [3.05, 3.63) is 23.5 Å². The summed E-state index contributed by atoms with van der Waals surface area (Å²) in [5.74, 6) is -0.129.